The molecule has 7 nitrogen and oxygen atoms in total. The Morgan fingerprint density at radius 3 is 2.38 bits per heavy atom. The minimum Gasteiger partial charge on any atom is -0.497 e. The number of carbonyl (C=O) groups excluding carboxylic acids is 3. The van der Waals surface area contributed by atoms with Gasteiger partial charge >= 0.3 is 5.97 Å². The Morgan fingerprint density at radius 1 is 1.12 bits per heavy atom. The third-order valence-corrected chi connectivity index (χ3v) is 4.91. The minimum atomic E-state index is -0.635. The molecule has 0 spiro atoms. The number of amides is 2. The number of benzene rings is 1. The lowest BCUT2D eigenvalue weighted by molar-refractivity contribution is -0.125. The van der Waals surface area contributed by atoms with Crippen molar-refractivity contribution in [2.24, 2.45) is 0 Å². The fourth-order valence-corrected chi connectivity index (χ4v) is 3.16. The van der Waals surface area contributed by atoms with Crippen LogP contribution in [0.4, 0.5) is 0 Å². The highest BCUT2D eigenvalue weighted by Gasteiger charge is 2.15. The number of methoxy groups -OCH3 is 1. The molecule has 2 N–H and O–H groups in total. The Labute approximate surface area is 155 Å². The quantitative estimate of drug-likeness (QED) is 0.596. The molecule has 26 heavy (non-hydrogen) atoms. The van der Waals surface area contributed by atoms with E-state index in [4.69, 9.17) is 9.47 Å². The van der Waals surface area contributed by atoms with Crippen molar-refractivity contribution in [1.82, 2.24) is 10.9 Å². The van der Waals surface area contributed by atoms with Crippen molar-refractivity contribution in [3.8, 4) is 5.75 Å². The fourth-order valence-electron chi connectivity index (χ4n) is 2.15. The third kappa shape index (κ3) is 5.06. The number of thiophene rings is 1. The van der Waals surface area contributed by atoms with Crippen molar-refractivity contribution >= 4 is 29.1 Å². The normalized spacial score (nSPS) is 10.1. The molecule has 0 bridgehead atoms. The second kappa shape index (κ2) is 9.00. The molecule has 0 saturated carbocycles. The number of hydrogen-bond acceptors (Lipinski definition) is 6. The number of hydrogen-bond donors (Lipinski definition) is 2. The summed E-state index contributed by atoms with van der Waals surface area (Å²) in [6.45, 7) is 3.44. The Hall–Kier alpha value is -2.87. The SMILES string of the molecule is CCc1sc(C(=O)OCC(=O)NNC(=O)c2ccc(OC)cc2)cc1C. The highest BCUT2D eigenvalue weighted by Crippen LogP contribution is 2.22. The summed E-state index contributed by atoms with van der Waals surface area (Å²) in [7, 11) is 1.52. The van der Waals surface area contributed by atoms with Crippen LogP contribution in [0, 0.1) is 6.92 Å². The molecule has 0 aliphatic rings. The Bertz CT molecular complexity index is 798. The van der Waals surface area contributed by atoms with Crippen LogP contribution in [-0.2, 0) is 16.0 Å². The molecule has 0 fully saturated rings. The van der Waals surface area contributed by atoms with E-state index in [2.05, 4.69) is 10.9 Å². The van der Waals surface area contributed by atoms with Crippen molar-refractivity contribution in [3.05, 3.63) is 51.2 Å². The van der Waals surface area contributed by atoms with Gasteiger partial charge in [0.15, 0.2) is 6.61 Å². The van der Waals surface area contributed by atoms with Gasteiger partial charge in [0.1, 0.15) is 10.6 Å². The average molecular weight is 376 g/mol. The molecule has 1 heterocycles. The van der Waals surface area contributed by atoms with Crippen molar-refractivity contribution in [3.63, 3.8) is 0 Å². The van der Waals surface area contributed by atoms with Crippen molar-refractivity contribution in [2.75, 3.05) is 13.7 Å². The molecule has 0 unspecified atom stereocenters. The zero-order chi connectivity index (χ0) is 19.1. The van der Waals surface area contributed by atoms with Gasteiger partial charge in [0, 0.05) is 10.4 Å². The highest BCUT2D eigenvalue weighted by molar-refractivity contribution is 7.14. The van der Waals surface area contributed by atoms with Crippen molar-refractivity contribution < 1.29 is 23.9 Å². The van der Waals surface area contributed by atoms with E-state index < -0.39 is 24.4 Å². The molecular weight excluding hydrogens is 356 g/mol. The van der Waals surface area contributed by atoms with Gasteiger partial charge in [0.05, 0.1) is 7.11 Å². The maximum atomic E-state index is 12.0. The van der Waals surface area contributed by atoms with Crippen LogP contribution in [0.1, 0.15) is 37.4 Å². The Morgan fingerprint density at radius 2 is 1.81 bits per heavy atom. The maximum absolute atomic E-state index is 12.0. The van der Waals surface area contributed by atoms with Crippen LogP contribution in [0.3, 0.4) is 0 Å². The lowest BCUT2D eigenvalue weighted by Crippen LogP contribution is -2.43. The van der Waals surface area contributed by atoms with Crippen molar-refractivity contribution in [1.29, 1.82) is 0 Å². The molecule has 0 saturated heterocycles. The highest BCUT2D eigenvalue weighted by atomic mass is 32.1. The minimum absolute atomic E-state index is 0.351. The second-order valence-corrected chi connectivity index (χ2v) is 6.51. The topological polar surface area (TPSA) is 93.7 Å². The summed E-state index contributed by atoms with van der Waals surface area (Å²) in [5.41, 5.74) is 5.83. The van der Waals surface area contributed by atoms with E-state index >= 15 is 0 Å². The van der Waals surface area contributed by atoms with Gasteiger partial charge in [0.2, 0.25) is 0 Å². The van der Waals surface area contributed by atoms with Crippen LogP contribution in [0.2, 0.25) is 0 Å². The van der Waals surface area contributed by atoms with Crippen molar-refractivity contribution in [2.45, 2.75) is 20.3 Å². The number of aryl methyl sites for hydroxylation is 2. The standard InChI is InChI=1S/C18H20N2O5S/c1-4-14-11(2)9-15(26-14)18(23)25-10-16(21)19-20-17(22)12-5-7-13(24-3)8-6-12/h5-9H,4,10H2,1-3H3,(H,19,21)(H,20,22). The van der Waals surface area contributed by atoms with E-state index in [-0.39, 0.29) is 0 Å². The summed E-state index contributed by atoms with van der Waals surface area (Å²) in [6.07, 6.45) is 0.835. The summed E-state index contributed by atoms with van der Waals surface area (Å²) in [4.78, 5) is 37.2. The first-order valence-electron chi connectivity index (χ1n) is 7.94. The fraction of sp³-hybridized carbons (Fsp3) is 0.278. The summed E-state index contributed by atoms with van der Waals surface area (Å²) < 4.78 is 9.97. The predicted octanol–water partition coefficient (Wildman–Crippen LogP) is 2.25. The van der Waals surface area contributed by atoms with E-state index in [1.807, 2.05) is 13.8 Å². The lowest BCUT2D eigenvalue weighted by atomic mass is 10.2. The van der Waals surface area contributed by atoms with Gasteiger partial charge < -0.3 is 9.47 Å². The first-order valence-corrected chi connectivity index (χ1v) is 8.76. The molecule has 2 amide bonds. The molecule has 1 aromatic carbocycles. The monoisotopic (exact) mass is 376 g/mol. The number of ether oxygens (including phenoxy) is 2. The van der Waals surface area contributed by atoms with Gasteiger partial charge in [-0.1, -0.05) is 6.92 Å². The number of hydrazine groups is 1. The van der Waals surface area contributed by atoms with E-state index in [1.165, 1.54) is 18.4 Å². The van der Waals surface area contributed by atoms with Gasteiger partial charge in [-0.15, -0.1) is 11.3 Å². The zero-order valence-corrected chi connectivity index (χ0v) is 15.6. The van der Waals surface area contributed by atoms with E-state index in [0.717, 1.165) is 16.9 Å². The smallest absolute Gasteiger partial charge is 0.348 e. The van der Waals surface area contributed by atoms with Gasteiger partial charge in [-0.2, -0.15) is 0 Å². The molecule has 2 rings (SSSR count). The Kier molecular flexibility index (Phi) is 6.74. The maximum Gasteiger partial charge on any atom is 0.348 e. The molecular formula is C18H20N2O5S. The summed E-state index contributed by atoms with van der Waals surface area (Å²) in [6, 6.07) is 8.13. The third-order valence-electron chi connectivity index (χ3n) is 3.54. The average Bonchev–Trinajstić information content (AvgIpc) is 3.05. The van der Waals surface area contributed by atoms with Gasteiger partial charge in [-0.3, -0.25) is 20.4 Å². The van der Waals surface area contributed by atoms with Gasteiger partial charge in [-0.25, -0.2) is 4.79 Å². The first-order chi connectivity index (χ1) is 12.4. The molecule has 0 aliphatic carbocycles. The van der Waals surface area contributed by atoms with Crippen LogP contribution in [0.25, 0.3) is 0 Å². The number of esters is 1. The molecule has 0 aliphatic heterocycles. The van der Waals surface area contributed by atoms with Crippen LogP contribution >= 0.6 is 11.3 Å². The number of nitrogens with one attached hydrogen (secondary N) is 2. The molecule has 138 valence electrons. The molecule has 8 heteroatoms. The Balaban J connectivity index is 1.78. The molecule has 2 aromatic rings. The van der Waals surface area contributed by atoms with E-state index in [9.17, 15) is 14.4 Å². The largest absolute Gasteiger partial charge is 0.497 e. The predicted molar refractivity (Wildman–Crippen MR) is 97.3 cm³/mol. The first kappa shape index (κ1) is 19.5. The van der Waals surface area contributed by atoms with E-state index in [1.54, 1.807) is 30.3 Å². The zero-order valence-electron chi connectivity index (χ0n) is 14.8. The van der Waals surface area contributed by atoms with E-state index in [0.29, 0.717) is 16.2 Å². The van der Waals surface area contributed by atoms with Crippen LogP contribution in [0.5, 0.6) is 5.75 Å². The number of carbonyl (C=O) groups is 3. The summed E-state index contributed by atoms with van der Waals surface area (Å²) >= 11 is 1.35. The van der Waals surface area contributed by atoms with Gasteiger partial charge in [0.25, 0.3) is 11.8 Å². The summed E-state index contributed by atoms with van der Waals surface area (Å²) in [5.74, 6) is -1.07. The van der Waals surface area contributed by atoms with Crippen LogP contribution < -0.4 is 15.6 Å². The van der Waals surface area contributed by atoms with Crippen LogP contribution in [0.15, 0.2) is 30.3 Å². The van der Waals surface area contributed by atoms with Crippen LogP contribution in [-0.4, -0.2) is 31.5 Å². The summed E-state index contributed by atoms with van der Waals surface area (Å²) in [5, 5.41) is 0. The lowest BCUT2D eigenvalue weighted by Gasteiger charge is -2.08. The number of rotatable bonds is 6. The van der Waals surface area contributed by atoms with Gasteiger partial charge in [-0.05, 0) is 49.2 Å². The second-order valence-electron chi connectivity index (χ2n) is 5.38. The molecule has 0 atom stereocenters. The molecule has 0 radical (unpaired) electrons. The molecule has 1 aromatic heterocycles.